The van der Waals surface area contributed by atoms with Crippen LogP contribution in [0.3, 0.4) is 0 Å². The molecule has 1 saturated heterocycles. The number of benzene rings is 2. The fourth-order valence-electron chi connectivity index (χ4n) is 4.99. The molecule has 2 aromatic carbocycles. The van der Waals surface area contributed by atoms with Gasteiger partial charge in [0.25, 0.3) is 0 Å². The Morgan fingerprint density at radius 3 is 2.30 bits per heavy atom. The second kappa shape index (κ2) is 17.8. The summed E-state index contributed by atoms with van der Waals surface area (Å²) in [7, 11) is 3.90. The molecule has 1 aliphatic heterocycles. The zero-order valence-corrected chi connectivity index (χ0v) is 25.8. The van der Waals surface area contributed by atoms with Crippen LogP contribution in [0.25, 0.3) is 6.08 Å². The number of anilines is 1. The van der Waals surface area contributed by atoms with E-state index < -0.39 is 5.97 Å². The van der Waals surface area contributed by atoms with Crippen LogP contribution in [0, 0.1) is 12.8 Å². The maximum Gasteiger partial charge on any atom is 0.335 e. The van der Waals surface area contributed by atoms with Crippen molar-refractivity contribution in [1.82, 2.24) is 9.80 Å². The summed E-state index contributed by atoms with van der Waals surface area (Å²) >= 11 is 5.84. The molecule has 1 amide bonds. The second-order valence-corrected chi connectivity index (χ2v) is 10.9. The van der Waals surface area contributed by atoms with E-state index in [0.717, 1.165) is 54.8 Å². The number of allylic oxidation sites excluding steroid dienone is 1. The van der Waals surface area contributed by atoms with E-state index in [1.807, 2.05) is 49.8 Å². The highest BCUT2D eigenvalue weighted by Gasteiger charge is 2.20. The van der Waals surface area contributed by atoms with Gasteiger partial charge in [-0.3, -0.25) is 4.79 Å². The number of rotatable bonds is 6. The molecule has 0 bridgehead atoms. The fourth-order valence-corrected chi connectivity index (χ4v) is 5.11. The number of carboxylic acid groups (broad SMARTS) is 1. The average Bonchev–Trinajstić information content (AvgIpc) is 3.19. The minimum atomic E-state index is -0.957. The van der Waals surface area contributed by atoms with Gasteiger partial charge in [-0.2, -0.15) is 0 Å². The van der Waals surface area contributed by atoms with Crippen molar-refractivity contribution >= 4 is 35.2 Å². The Labute approximate surface area is 246 Å². The van der Waals surface area contributed by atoms with Gasteiger partial charge >= 0.3 is 5.97 Å². The van der Waals surface area contributed by atoms with Gasteiger partial charge in [0.15, 0.2) is 0 Å². The van der Waals surface area contributed by atoms with Gasteiger partial charge in [0.2, 0.25) is 5.91 Å². The number of carbonyl (C=O) groups excluding carboxylic acids is 1. The van der Waals surface area contributed by atoms with Gasteiger partial charge < -0.3 is 19.8 Å². The molecule has 6 nitrogen and oxygen atoms in total. The minimum Gasteiger partial charge on any atom is -0.478 e. The molecule has 2 aliphatic rings. The predicted molar refractivity (Wildman–Crippen MR) is 169 cm³/mol. The van der Waals surface area contributed by atoms with Gasteiger partial charge in [-0.25, -0.2) is 4.79 Å². The van der Waals surface area contributed by atoms with Crippen LogP contribution in [0.4, 0.5) is 5.69 Å². The number of aryl methyl sites for hydroxylation is 1. The number of nitrogens with zero attached hydrogens (tertiary/aromatic N) is 3. The van der Waals surface area contributed by atoms with E-state index in [0.29, 0.717) is 0 Å². The molecule has 0 radical (unpaired) electrons. The van der Waals surface area contributed by atoms with Gasteiger partial charge in [0, 0.05) is 37.4 Å². The maximum atomic E-state index is 12.5. The molecule has 2 fully saturated rings. The lowest BCUT2D eigenvalue weighted by Crippen LogP contribution is -2.41. The molecule has 0 spiro atoms. The quantitative estimate of drug-likeness (QED) is 0.397. The summed E-state index contributed by atoms with van der Waals surface area (Å²) in [5.74, 6) is -0.0705. The maximum absolute atomic E-state index is 12.5. The lowest BCUT2D eigenvalue weighted by Gasteiger charge is -2.26. The van der Waals surface area contributed by atoms with Crippen molar-refractivity contribution in [2.45, 2.75) is 59.3 Å². The van der Waals surface area contributed by atoms with E-state index in [4.69, 9.17) is 16.7 Å². The summed E-state index contributed by atoms with van der Waals surface area (Å²) in [5.41, 5.74) is 3.23. The van der Waals surface area contributed by atoms with Crippen molar-refractivity contribution in [3.05, 3.63) is 70.3 Å². The van der Waals surface area contributed by atoms with Gasteiger partial charge in [0.05, 0.1) is 12.1 Å². The van der Waals surface area contributed by atoms with Crippen molar-refractivity contribution in [1.29, 1.82) is 0 Å². The van der Waals surface area contributed by atoms with Crippen LogP contribution in [0.2, 0.25) is 5.02 Å². The van der Waals surface area contributed by atoms with Crippen molar-refractivity contribution in [3.8, 4) is 0 Å². The standard InChI is InChI=1S/C17H25N3O3.C14H17Cl.C2H6/c1-13-5-6-14(17(22)23)11-15(13)19(3)12-16(21)20-8-4-7-18(2)9-10-20;15-14-10-8-13(9-11-14)7-6-12-4-2-1-3-5-12;1-2/h5-6,11H,4,7-10,12H2,1-3H3,(H,22,23);6-12H,1-5H2;1-2H3/b;7-6-;. The van der Waals surface area contributed by atoms with Gasteiger partial charge in [-0.1, -0.05) is 75.1 Å². The highest BCUT2D eigenvalue weighted by molar-refractivity contribution is 6.30. The zero-order chi connectivity index (χ0) is 29.5. The molecule has 1 heterocycles. The summed E-state index contributed by atoms with van der Waals surface area (Å²) in [5, 5.41) is 9.94. The molecule has 1 saturated carbocycles. The molecule has 1 N–H and O–H groups in total. The van der Waals surface area contributed by atoms with Crippen LogP contribution in [0.1, 0.15) is 73.9 Å². The highest BCUT2D eigenvalue weighted by atomic mass is 35.5. The van der Waals surface area contributed by atoms with Crippen molar-refractivity contribution in [2.24, 2.45) is 5.92 Å². The van der Waals surface area contributed by atoms with Gasteiger partial charge in [0.1, 0.15) is 0 Å². The monoisotopic (exact) mass is 569 g/mol. The Balaban J connectivity index is 0.000000284. The second-order valence-electron chi connectivity index (χ2n) is 10.5. The molecule has 0 unspecified atom stereocenters. The summed E-state index contributed by atoms with van der Waals surface area (Å²) in [6.45, 7) is 9.61. The first kappa shape index (κ1) is 33.4. The third-order valence-corrected chi connectivity index (χ3v) is 7.64. The normalized spacial score (nSPS) is 16.3. The number of hydrogen-bond donors (Lipinski definition) is 1. The molecule has 7 heteroatoms. The Kier molecular flexibility index (Phi) is 14.8. The zero-order valence-electron chi connectivity index (χ0n) is 25.0. The van der Waals surface area contributed by atoms with E-state index in [-0.39, 0.29) is 18.0 Å². The third-order valence-electron chi connectivity index (χ3n) is 7.39. The molecule has 0 aromatic heterocycles. The largest absolute Gasteiger partial charge is 0.478 e. The fraction of sp³-hybridized carbons (Fsp3) is 0.515. The van der Waals surface area contributed by atoms with Crippen molar-refractivity contribution in [2.75, 3.05) is 51.7 Å². The van der Waals surface area contributed by atoms with Crippen LogP contribution in [-0.2, 0) is 4.79 Å². The summed E-state index contributed by atoms with van der Waals surface area (Å²) in [6, 6.07) is 13.0. The van der Waals surface area contributed by atoms with Crippen LogP contribution in [0.15, 0.2) is 48.5 Å². The summed E-state index contributed by atoms with van der Waals surface area (Å²) in [4.78, 5) is 29.6. The minimum absolute atomic E-state index is 0.0860. The molecular weight excluding hydrogens is 522 g/mol. The Morgan fingerprint density at radius 2 is 1.65 bits per heavy atom. The van der Waals surface area contributed by atoms with Crippen LogP contribution in [-0.4, -0.2) is 73.6 Å². The van der Waals surface area contributed by atoms with E-state index >= 15 is 0 Å². The molecule has 4 rings (SSSR count). The molecule has 1 aliphatic carbocycles. The Hall–Kier alpha value is -2.83. The van der Waals surface area contributed by atoms with Gasteiger partial charge in [-0.05, 0) is 81.1 Å². The number of carbonyl (C=O) groups is 2. The predicted octanol–water partition coefficient (Wildman–Crippen LogP) is 7.25. The van der Waals surface area contributed by atoms with Crippen molar-refractivity contribution in [3.63, 3.8) is 0 Å². The number of aromatic carboxylic acids is 1. The number of likely N-dealkylation sites (N-methyl/N-ethyl adjacent to an activating group) is 2. The number of carboxylic acids is 1. The summed E-state index contributed by atoms with van der Waals surface area (Å²) in [6.07, 6.45) is 12.5. The first-order valence-electron chi connectivity index (χ1n) is 14.7. The van der Waals surface area contributed by atoms with Crippen LogP contribution < -0.4 is 4.90 Å². The Bertz CT molecular complexity index is 1080. The van der Waals surface area contributed by atoms with E-state index in [2.05, 4.69) is 36.2 Å². The number of halogens is 1. The van der Waals surface area contributed by atoms with Crippen molar-refractivity contribution < 1.29 is 14.7 Å². The highest BCUT2D eigenvalue weighted by Crippen LogP contribution is 2.25. The van der Waals surface area contributed by atoms with Crippen LogP contribution in [0.5, 0.6) is 0 Å². The lowest BCUT2D eigenvalue weighted by molar-refractivity contribution is -0.129. The molecule has 0 atom stereocenters. The molecular formula is C33H48ClN3O3. The molecule has 220 valence electrons. The van der Waals surface area contributed by atoms with E-state index in [1.165, 1.54) is 37.7 Å². The summed E-state index contributed by atoms with van der Waals surface area (Å²) < 4.78 is 0. The number of hydrogen-bond acceptors (Lipinski definition) is 4. The van der Waals surface area contributed by atoms with Gasteiger partial charge in [-0.15, -0.1) is 0 Å². The first-order valence-corrected chi connectivity index (χ1v) is 15.1. The van der Waals surface area contributed by atoms with E-state index in [9.17, 15) is 9.59 Å². The topological polar surface area (TPSA) is 64.1 Å². The van der Waals surface area contributed by atoms with Crippen LogP contribution >= 0.6 is 11.6 Å². The lowest BCUT2D eigenvalue weighted by atomic mass is 9.89. The van der Waals surface area contributed by atoms with E-state index in [1.54, 1.807) is 18.2 Å². The molecule has 40 heavy (non-hydrogen) atoms. The third kappa shape index (κ3) is 11.3. The average molecular weight is 570 g/mol. The Morgan fingerprint density at radius 1 is 0.975 bits per heavy atom. The smallest absolute Gasteiger partial charge is 0.335 e. The first-order chi connectivity index (χ1) is 19.2. The molecule has 2 aromatic rings. The number of amides is 1. The SMILES string of the molecule is CC.Cc1ccc(C(=O)O)cc1N(C)CC(=O)N1CCCN(C)CC1.Clc1ccc(/C=C\C2CCCCC2)cc1.